The number of nitrogens with one attached hydrogen (secondary N) is 1. The topological polar surface area (TPSA) is 41.1 Å². The summed E-state index contributed by atoms with van der Waals surface area (Å²) < 4.78 is 0. The van der Waals surface area contributed by atoms with Gasteiger partial charge in [0.25, 0.3) is 0 Å². The van der Waals surface area contributed by atoms with E-state index in [0.717, 1.165) is 23.8 Å². The van der Waals surface area contributed by atoms with Gasteiger partial charge in [0.05, 0.1) is 28.5 Å². The number of anilines is 1. The largest absolute Gasteiger partial charge is 0.354 e. The van der Waals surface area contributed by atoms with Crippen LogP contribution in [0.5, 0.6) is 0 Å². The lowest BCUT2D eigenvalue weighted by atomic mass is 10.3. The third-order valence-corrected chi connectivity index (χ3v) is 4.13. The molecule has 0 bridgehead atoms. The van der Waals surface area contributed by atoms with Gasteiger partial charge >= 0.3 is 0 Å². The molecule has 0 saturated carbocycles. The van der Waals surface area contributed by atoms with Gasteiger partial charge < -0.3 is 10.2 Å². The third-order valence-electron chi connectivity index (χ3n) is 2.86. The molecular weight excluding hydrogens is 280 g/mol. The molecule has 4 nitrogen and oxygen atoms in total. The molecule has 1 N–H and O–H groups in total. The van der Waals surface area contributed by atoms with Gasteiger partial charge in [-0.05, 0) is 26.1 Å². The quantitative estimate of drug-likeness (QED) is 0.921. The van der Waals surface area contributed by atoms with Crippen molar-refractivity contribution in [2.45, 2.75) is 20.0 Å². The number of nitrogens with zero attached hydrogens (tertiary/aromatic N) is 3. The van der Waals surface area contributed by atoms with E-state index in [9.17, 15) is 0 Å². The van der Waals surface area contributed by atoms with Gasteiger partial charge in [-0.2, -0.15) is 0 Å². The van der Waals surface area contributed by atoms with Gasteiger partial charge in [0.15, 0.2) is 0 Å². The van der Waals surface area contributed by atoms with Crippen LogP contribution in [-0.4, -0.2) is 24.1 Å². The van der Waals surface area contributed by atoms with E-state index in [-0.39, 0.29) is 0 Å². The first kappa shape index (κ1) is 14.2. The molecule has 2 heterocycles. The summed E-state index contributed by atoms with van der Waals surface area (Å²) in [6.45, 7) is 3.51. The van der Waals surface area contributed by atoms with E-state index in [1.165, 1.54) is 4.88 Å². The zero-order valence-electron chi connectivity index (χ0n) is 11.3. The molecule has 0 aliphatic heterocycles. The lowest BCUT2D eigenvalue weighted by Gasteiger charge is -2.18. The van der Waals surface area contributed by atoms with Gasteiger partial charge in [-0.15, -0.1) is 11.3 Å². The highest BCUT2D eigenvalue weighted by molar-refractivity contribution is 7.09. The number of thiazole rings is 1. The fraction of sp³-hybridized carbons (Fsp3) is 0.385. The Morgan fingerprint density at radius 2 is 2.21 bits per heavy atom. The van der Waals surface area contributed by atoms with Gasteiger partial charge in [-0.1, -0.05) is 11.6 Å². The van der Waals surface area contributed by atoms with Crippen LogP contribution in [0.4, 0.5) is 5.82 Å². The smallest absolute Gasteiger partial charge is 0.129 e. The van der Waals surface area contributed by atoms with Crippen molar-refractivity contribution in [2.24, 2.45) is 0 Å². The standard InChI is InChI=1S/C13H17ClN4S/c1-9-12(19-8-16-9)7-18(3)13-5-4-10(14)11(17-13)6-15-2/h4-5,8,15H,6-7H2,1-3H3. The molecule has 19 heavy (non-hydrogen) atoms. The third kappa shape index (κ3) is 3.43. The van der Waals surface area contributed by atoms with Gasteiger partial charge in [0.2, 0.25) is 0 Å². The van der Waals surface area contributed by atoms with Gasteiger partial charge in [0, 0.05) is 18.5 Å². The maximum absolute atomic E-state index is 6.12. The molecule has 0 aliphatic rings. The first-order valence-corrected chi connectivity index (χ1v) is 7.27. The van der Waals surface area contributed by atoms with Crippen molar-refractivity contribution in [1.29, 1.82) is 0 Å². The Bertz CT molecular complexity index is 555. The van der Waals surface area contributed by atoms with Crippen molar-refractivity contribution in [3.63, 3.8) is 0 Å². The van der Waals surface area contributed by atoms with Crippen molar-refractivity contribution < 1.29 is 0 Å². The molecule has 6 heteroatoms. The fourth-order valence-corrected chi connectivity index (χ4v) is 2.75. The summed E-state index contributed by atoms with van der Waals surface area (Å²) in [7, 11) is 3.91. The Labute approximate surface area is 122 Å². The summed E-state index contributed by atoms with van der Waals surface area (Å²) in [6.07, 6.45) is 0. The highest BCUT2D eigenvalue weighted by Gasteiger charge is 2.10. The first-order valence-electron chi connectivity index (χ1n) is 6.02. The minimum absolute atomic E-state index is 0.667. The van der Waals surface area contributed by atoms with Crippen molar-refractivity contribution in [2.75, 3.05) is 19.0 Å². The summed E-state index contributed by atoms with van der Waals surface area (Å²) in [4.78, 5) is 12.2. The molecule has 2 aromatic rings. The number of hydrogen-bond donors (Lipinski definition) is 1. The van der Waals surface area contributed by atoms with Crippen LogP contribution in [0.15, 0.2) is 17.6 Å². The van der Waals surface area contributed by atoms with Crippen LogP contribution in [0.25, 0.3) is 0 Å². The molecule has 2 aromatic heterocycles. The highest BCUT2D eigenvalue weighted by atomic mass is 35.5. The molecule has 0 saturated heterocycles. The predicted molar refractivity (Wildman–Crippen MR) is 81.0 cm³/mol. The van der Waals surface area contributed by atoms with Crippen LogP contribution in [0.2, 0.25) is 5.02 Å². The van der Waals surface area contributed by atoms with E-state index in [1.807, 2.05) is 38.7 Å². The summed E-state index contributed by atoms with van der Waals surface area (Å²) in [5.74, 6) is 0.919. The summed E-state index contributed by atoms with van der Waals surface area (Å²) in [5.41, 5.74) is 3.83. The van der Waals surface area contributed by atoms with Crippen LogP contribution in [0.3, 0.4) is 0 Å². The van der Waals surface area contributed by atoms with Crippen molar-refractivity contribution in [3.8, 4) is 0 Å². The molecule has 2 rings (SSSR count). The molecular formula is C13H17ClN4S. The van der Waals surface area contributed by atoms with Crippen molar-refractivity contribution >= 4 is 28.8 Å². The normalized spacial score (nSPS) is 10.7. The number of rotatable bonds is 5. The van der Waals surface area contributed by atoms with Crippen molar-refractivity contribution in [1.82, 2.24) is 15.3 Å². The molecule has 0 atom stereocenters. The first-order chi connectivity index (χ1) is 9.11. The maximum Gasteiger partial charge on any atom is 0.129 e. The maximum atomic E-state index is 6.12. The Hall–Kier alpha value is -1.17. The second kappa shape index (κ2) is 6.32. The SMILES string of the molecule is CNCc1nc(N(C)Cc2scnc2C)ccc1Cl. The van der Waals surface area contributed by atoms with E-state index in [2.05, 4.69) is 20.2 Å². The van der Waals surface area contributed by atoms with E-state index >= 15 is 0 Å². The number of pyridine rings is 1. The molecule has 0 radical (unpaired) electrons. The number of aromatic nitrogens is 2. The number of aryl methyl sites for hydroxylation is 1. The van der Waals surface area contributed by atoms with Crippen LogP contribution in [0, 0.1) is 6.92 Å². The van der Waals surface area contributed by atoms with Gasteiger partial charge in [0.1, 0.15) is 5.82 Å². The molecule has 0 aliphatic carbocycles. The average molecular weight is 297 g/mol. The summed E-state index contributed by atoms with van der Waals surface area (Å²) >= 11 is 7.79. The zero-order valence-corrected chi connectivity index (χ0v) is 12.8. The van der Waals surface area contributed by atoms with Crippen LogP contribution in [-0.2, 0) is 13.1 Å². The van der Waals surface area contributed by atoms with Gasteiger partial charge in [-0.25, -0.2) is 9.97 Å². The highest BCUT2D eigenvalue weighted by Crippen LogP contribution is 2.21. The predicted octanol–water partition coefficient (Wildman–Crippen LogP) is 2.86. The van der Waals surface area contributed by atoms with E-state index in [1.54, 1.807) is 11.3 Å². The lowest BCUT2D eigenvalue weighted by molar-refractivity contribution is 0.784. The molecule has 0 spiro atoms. The van der Waals surface area contributed by atoms with E-state index < -0.39 is 0 Å². The Morgan fingerprint density at radius 1 is 1.42 bits per heavy atom. The minimum atomic E-state index is 0.667. The molecule has 0 unspecified atom stereocenters. The number of halogens is 1. The Kier molecular flexibility index (Phi) is 4.74. The Balaban J connectivity index is 2.17. The summed E-state index contributed by atoms with van der Waals surface area (Å²) in [6, 6.07) is 3.84. The molecule has 102 valence electrons. The average Bonchev–Trinajstić information content (AvgIpc) is 2.78. The molecule has 0 aromatic carbocycles. The molecule has 0 fully saturated rings. The van der Waals surface area contributed by atoms with E-state index in [4.69, 9.17) is 11.6 Å². The second-order valence-corrected chi connectivity index (χ2v) is 5.69. The molecule has 0 amide bonds. The van der Waals surface area contributed by atoms with Crippen LogP contribution < -0.4 is 10.2 Å². The van der Waals surface area contributed by atoms with E-state index in [0.29, 0.717) is 11.6 Å². The lowest BCUT2D eigenvalue weighted by Crippen LogP contribution is -2.19. The van der Waals surface area contributed by atoms with Gasteiger partial charge in [-0.3, -0.25) is 0 Å². The fourth-order valence-electron chi connectivity index (χ4n) is 1.75. The summed E-state index contributed by atoms with van der Waals surface area (Å²) in [5, 5.41) is 3.77. The minimum Gasteiger partial charge on any atom is -0.354 e. The zero-order chi connectivity index (χ0) is 13.8. The monoisotopic (exact) mass is 296 g/mol. The number of hydrogen-bond acceptors (Lipinski definition) is 5. The Morgan fingerprint density at radius 3 is 2.84 bits per heavy atom. The van der Waals surface area contributed by atoms with Crippen molar-refractivity contribution in [3.05, 3.63) is 38.9 Å². The van der Waals surface area contributed by atoms with Crippen LogP contribution in [0.1, 0.15) is 16.3 Å². The second-order valence-electron chi connectivity index (χ2n) is 4.35. The van der Waals surface area contributed by atoms with Crippen LogP contribution >= 0.6 is 22.9 Å².